The van der Waals surface area contributed by atoms with Crippen molar-refractivity contribution in [2.75, 3.05) is 26.4 Å². The van der Waals surface area contributed by atoms with Crippen LogP contribution in [0.1, 0.15) is 131 Å². The van der Waals surface area contributed by atoms with Crippen LogP contribution in [-0.2, 0) is 46.3 Å². The van der Waals surface area contributed by atoms with Crippen LogP contribution < -0.4 is 13.7 Å². The first-order chi connectivity index (χ1) is 31.4. The maximum absolute atomic E-state index is 12.8. The number of aryl methyl sites for hydroxylation is 4. The maximum atomic E-state index is 12.8. The molecule has 6 rings (SSSR count). The molecule has 4 aromatic carbocycles. The van der Waals surface area contributed by atoms with Gasteiger partial charge in [0, 0.05) is 10.8 Å². The number of benzene rings is 4. The van der Waals surface area contributed by atoms with Gasteiger partial charge in [0.25, 0.3) is 0 Å². The molecule has 0 bridgehead atoms. The van der Waals surface area contributed by atoms with Gasteiger partial charge in [0.2, 0.25) is 0 Å². The molecule has 13 heteroatoms. The van der Waals surface area contributed by atoms with Crippen molar-refractivity contribution in [1.82, 2.24) is 0 Å². The fraction of sp³-hybridized carbons (Fsp3) is 0.519. The number of hydrogen-bond acceptors (Lipinski definition) is 9. The van der Waals surface area contributed by atoms with Crippen molar-refractivity contribution in [3.8, 4) is 17.2 Å². The molecule has 0 aromatic heterocycles. The quantitative estimate of drug-likeness (QED) is 0.0548. The van der Waals surface area contributed by atoms with Crippen LogP contribution in [-0.4, -0.2) is 64.1 Å². The SMILES string of the molecule is C=CCc1ccc(C(CC)(CC)c2ccc(OC[C@@H]3COC(C)(C)O3)c(C)c2)cc1C.CCC(CC)(c1ccc(OC[C@@H]2COC(C)(C)O2)c(C)c1)c1ccc(OS(=O)(=O)C(F)(F)F)c(C)c1. The summed E-state index contributed by atoms with van der Waals surface area (Å²) in [5, 5.41) is 0. The maximum Gasteiger partial charge on any atom is 0.534 e. The predicted octanol–water partition coefficient (Wildman–Crippen LogP) is 12.8. The van der Waals surface area contributed by atoms with E-state index in [2.05, 4.69) is 74.9 Å². The van der Waals surface area contributed by atoms with E-state index in [0.29, 0.717) is 44.8 Å². The highest BCUT2D eigenvalue weighted by Crippen LogP contribution is 2.43. The van der Waals surface area contributed by atoms with Crippen LogP contribution >= 0.6 is 0 Å². The molecule has 0 N–H and O–H groups in total. The third-order valence-corrected chi connectivity index (χ3v) is 14.3. The van der Waals surface area contributed by atoms with Gasteiger partial charge in [-0.25, -0.2) is 0 Å². The summed E-state index contributed by atoms with van der Waals surface area (Å²) in [5.41, 5.74) is 3.73. The van der Waals surface area contributed by atoms with E-state index in [9.17, 15) is 21.6 Å². The third kappa shape index (κ3) is 12.4. The minimum absolute atomic E-state index is 0.00676. The third-order valence-electron chi connectivity index (χ3n) is 13.3. The summed E-state index contributed by atoms with van der Waals surface area (Å²) in [6.07, 6.45) is 6.22. The van der Waals surface area contributed by atoms with E-state index in [1.807, 2.05) is 72.7 Å². The highest BCUT2D eigenvalue weighted by molar-refractivity contribution is 7.88. The van der Waals surface area contributed by atoms with Crippen LogP contribution in [0.15, 0.2) is 85.5 Å². The highest BCUT2D eigenvalue weighted by Gasteiger charge is 2.49. The minimum atomic E-state index is -5.74. The zero-order valence-electron chi connectivity index (χ0n) is 41.4. The molecule has 0 radical (unpaired) electrons. The van der Waals surface area contributed by atoms with E-state index in [0.717, 1.165) is 53.0 Å². The second-order valence-electron chi connectivity index (χ2n) is 18.7. The van der Waals surface area contributed by atoms with Gasteiger partial charge in [-0.1, -0.05) is 88.4 Å². The average Bonchev–Trinajstić information content (AvgIpc) is 3.81. The Morgan fingerprint density at radius 2 is 0.970 bits per heavy atom. The number of ether oxygens (including phenoxy) is 6. The lowest BCUT2D eigenvalue weighted by molar-refractivity contribution is -0.141. The number of halogens is 3. The van der Waals surface area contributed by atoms with E-state index in [1.165, 1.54) is 35.2 Å². The smallest absolute Gasteiger partial charge is 0.491 e. The molecular formula is C54H71F3O9S. The molecule has 0 spiro atoms. The van der Waals surface area contributed by atoms with Gasteiger partial charge in [0.15, 0.2) is 11.6 Å². The molecule has 2 atom stereocenters. The fourth-order valence-corrected chi connectivity index (χ4v) is 9.84. The summed E-state index contributed by atoms with van der Waals surface area (Å²) in [6, 6.07) is 24.1. The summed E-state index contributed by atoms with van der Waals surface area (Å²) in [5.74, 6) is 0.151. The molecule has 2 heterocycles. The summed E-state index contributed by atoms with van der Waals surface area (Å²) in [6.45, 7) is 29.8. The monoisotopic (exact) mass is 952 g/mol. The Bertz CT molecular complexity index is 2430. The number of rotatable bonds is 18. The van der Waals surface area contributed by atoms with Gasteiger partial charge in [-0.2, -0.15) is 21.6 Å². The van der Waals surface area contributed by atoms with Crippen molar-refractivity contribution in [2.45, 2.75) is 155 Å². The summed E-state index contributed by atoms with van der Waals surface area (Å²) in [4.78, 5) is 0. The van der Waals surface area contributed by atoms with E-state index in [-0.39, 0.29) is 23.4 Å². The molecular weight excluding hydrogens is 882 g/mol. The zero-order valence-corrected chi connectivity index (χ0v) is 42.3. The van der Waals surface area contributed by atoms with Gasteiger partial charge < -0.3 is 32.6 Å². The first-order valence-electron chi connectivity index (χ1n) is 23.3. The van der Waals surface area contributed by atoms with Crippen LogP contribution in [0.2, 0.25) is 0 Å². The molecule has 0 aliphatic carbocycles. The lowest BCUT2D eigenvalue weighted by atomic mass is 9.70. The fourth-order valence-electron chi connectivity index (χ4n) is 9.32. The molecule has 2 aliphatic rings. The Labute approximate surface area is 397 Å². The van der Waals surface area contributed by atoms with Crippen molar-refractivity contribution in [2.24, 2.45) is 0 Å². The van der Waals surface area contributed by atoms with Gasteiger partial charge in [0.1, 0.15) is 42.7 Å². The Morgan fingerprint density at radius 1 is 0.612 bits per heavy atom. The topological polar surface area (TPSA) is 98.8 Å². The van der Waals surface area contributed by atoms with Crippen molar-refractivity contribution in [3.63, 3.8) is 0 Å². The first-order valence-corrected chi connectivity index (χ1v) is 24.7. The van der Waals surface area contributed by atoms with Crippen LogP contribution in [0.25, 0.3) is 0 Å². The molecule has 2 saturated heterocycles. The van der Waals surface area contributed by atoms with Gasteiger partial charge >= 0.3 is 15.6 Å². The van der Waals surface area contributed by atoms with E-state index >= 15 is 0 Å². The molecule has 0 amide bonds. The van der Waals surface area contributed by atoms with Crippen molar-refractivity contribution < 1.29 is 54.2 Å². The number of allylic oxidation sites excluding steroid dienone is 1. The van der Waals surface area contributed by atoms with E-state index in [1.54, 1.807) is 12.1 Å². The van der Waals surface area contributed by atoms with Gasteiger partial charge in [-0.15, -0.1) is 6.58 Å². The van der Waals surface area contributed by atoms with Crippen molar-refractivity contribution in [3.05, 3.63) is 136 Å². The Kier molecular flexibility index (Phi) is 17.2. The van der Waals surface area contributed by atoms with E-state index < -0.39 is 32.6 Å². The zero-order chi connectivity index (χ0) is 49.6. The van der Waals surface area contributed by atoms with Gasteiger partial charge in [0.05, 0.1) is 13.2 Å². The second kappa shape index (κ2) is 21.5. The first kappa shape index (κ1) is 53.6. The molecule has 0 unspecified atom stereocenters. The summed E-state index contributed by atoms with van der Waals surface area (Å²) >= 11 is 0. The molecule has 9 nitrogen and oxygen atoms in total. The lowest BCUT2D eigenvalue weighted by Gasteiger charge is -2.34. The summed E-state index contributed by atoms with van der Waals surface area (Å²) < 4.78 is 101. The molecule has 2 fully saturated rings. The highest BCUT2D eigenvalue weighted by atomic mass is 32.2. The lowest BCUT2D eigenvalue weighted by Crippen LogP contribution is -2.29. The normalized spacial score (nSPS) is 18.3. The van der Waals surface area contributed by atoms with Crippen LogP contribution in [0.3, 0.4) is 0 Å². The Balaban J connectivity index is 0.000000254. The Hall–Kier alpha value is -4.40. The number of alkyl halides is 3. The van der Waals surface area contributed by atoms with Gasteiger partial charge in [-0.3, -0.25) is 0 Å². The average molecular weight is 953 g/mol. The van der Waals surface area contributed by atoms with E-state index in [4.69, 9.17) is 28.4 Å². The number of hydrogen-bond donors (Lipinski definition) is 0. The van der Waals surface area contributed by atoms with Crippen LogP contribution in [0.5, 0.6) is 17.2 Å². The van der Waals surface area contributed by atoms with Crippen LogP contribution in [0.4, 0.5) is 13.2 Å². The molecule has 67 heavy (non-hydrogen) atoms. The predicted molar refractivity (Wildman–Crippen MR) is 258 cm³/mol. The van der Waals surface area contributed by atoms with Crippen molar-refractivity contribution >= 4 is 10.1 Å². The van der Waals surface area contributed by atoms with Crippen LogP contribution in [0, 0.1) is 27.7 Å². The molecule has 0 saturated carbocycles. The molecule has 4 aromatic rings. The minimum Gasteiger partial charge on any atom is -0.491 e. The van der Waals surface area contributed by atoms with Crippen molar-refractivity contribution in [1.29, 1.82) is 0 Å². The Morgan fingerprint density at radius 3 is 1.27 bits per heavy atom. The standard InChI is InChI=1S/C28H38O3.C26H33F3O6S/c1-8-11-22-12-13-23(16-20(22)4)28(9-2,10-3)24-14-15-26(21(5)17-24)29-18-25-19-30-27(6,7)31-25;1-7-25(8-2,20-10-12-23(18(4)14-20)35-36(30,31)26(27,28)29)19-9-11-22(17(3)13-19)32-15-21-16-33-24(5,6)34-21/h8,12-17,25H,1,9-11,18-19H2,2-7H3;9-14,21H,7-8,15-16H2,1-6H3/t25-;21-/m11/s1. The molecule has 368 valence electrons. The largest absolute Gasteiger partial charge is 0.534 e. The summed E-state index contributed by atoms with van der Waals surface area (Å²) in [7, 11) is -5.74. The second-order valence-corrected chi connectivity index (χ2v) is 20.2. The van der Waals surface area contributed by atoms with Gasteiger partial charge in [-0.05, 0) is 156 Å². The molecule has 2 aliphatic heterocycles.